The van der Waals surface area contributed by atoms with Gasteiger partial charge in [-0.1, -0.05) is 60.7 Å². The molecule has 6 heteroatoms. The molecule has 0 bridgehead atoms. The van der Waals surface area contributed by atoms with E-state index < -0.39 is 23.4 Å². The van der Waals surface area contributed by atoms with Crippen molar-refractivity contribution in [2.24, 2.45) is 5.41 Å². The van der Waals surface area contributed by atoms with E-state index in [1.165, 1.54) is 17.6 Å². The highest BCUT2D eigenvalue weighted by molar-refractivity contribution is 7.12. The van der Waals surface area contributed by atoms with Crippen LogP contribution in [0, 0.1) is 5.41 Å². The Morgan fingerprint density at radius 2 is 1.63 bits per heavy atom. The van der Waals surface area contributed by atoms with Crippen molar-refractivity contribution in [3.63, 3.8) is 0 Å². The second-order valence-corrected chi connectivity index (χ2v) is 10.1. The quantitative estimate of drug-likeness (QED) is 0.281. The number of benzene rings is 2. The van der Waals surface area contributed by atoms with Crippen LogP contribution in [-0.4, -0.2) is 29.4 Å². The molecule has 35 heavy (non-hydrogen) atoms. The number of anilines is 1. The third-order valence-electron chi connectivity index (χ3n) is 7.60. The van der Waals surface area contributed by atoms with Gasteiger partial charge in [-0.15, -0.1) is 11.3 Å². The highest BCUT2D eigenvalue weighted by Crippen LogP contribution is 2.61. The van der Waals surface area contributed by atoms with Gasteiger partial charge in [0.2, 0.25) is 0 Å². The maximum Gasteiger partial charge on any atom is 0.195 e. The predicted octanol–water partition coefficient (Wildman–Crippen LogP) is 5.66. The molecule has 1 fully saturated rings. The van der Waals surface area contributed by atoms with Crippen LogP contribution in [0.3, 0.4) is 0 Å². The van der Waals surface area contributed by atoms with E-state index in [1.807, 2.05) is 52.8 Å². The molecule has 0 N–H and O–H groups in total. The van der Waals surface area contributed by atoms with E-state index in [0.717, 1.165) is 11.3 Å². The molecule has 1 unspecified atom stereocenters. The number of Topliss-reactive ketones (excluding diaryl/α,β-unsaturated/α-hetero) is 3. The number of thiophene rings is 1. The third kappa shape index (κ3) is 2.49. The highest BCUT2D eigenvalue weighted by atomic mass is 32.1. The minimum absolute atomic E-state index is 0.120. The Bertz CT molecular complexity index is 1500. The summed E-state index contributed by atoms with van der Waals surface area (Å²) in [6.07, 6.45) is 5.41. The molecule has 170 valence electrons. The van der Waals surface area contributed by atoms with Crippen molar-refractivity contribution in [2.75, 3.05) is 4.90 Å². The Kier molecular flexibility index (Phi) is 4.21. The number of hydrogen-bond donors (Lipinski definition) is 0. The maximum atomic E-state index is 14.3. The fourth-order valence-corrected chi connectivity index (χ4v) is 6.96. The van der Waals surface area contributed by atoms with Gasteiger partial charge in [0.1, 0.15) is 17.2 Å². The Hall–Kier alpha value is -4.03. The zero-order chi connectivity index (χ0) is 23.7. The molecule has 3 aliphatic rings. The highest BCUT2D eigenvalue weighted by Gasteiger charge is 2.72. The topological polar surface area (TPSA) is 67.6 Å². The second kappa shape index (κ2) is 7.23. The molecule has 5 nitrogen and oxygen atoms in total. The van der Waals surface area contributed by atoms with Crippen LogP contribution in [0.2, 0.25) is 0 Å². The molecule has 0 saturated carbocycles. The zero-order valence-electron chi connectivity index (χ0n) is 18.5. The summed E-state index contributed by atoms with van der Waals surface area (Å²) in [7, 11) is 0. The number of carbonyl (C=O) groups excluding carboxylic acids is 3. The van der Waals surface area contributed by atoms with E-state index in [0.29, 0.717) is 21.8 Å². The number of furan rings is 1. The first-order chi connectivity index (χ1) is 17.1. The van der Waals surface area contributed by atoms with Gasteiger partial charge < -0.3 is 9.32 Å². The van der Waals surface area contributed by atoms with Crippen molar-refractivity contribution in [1.29, 1.82) is 0 Å². The summed E-state index contributed by atoms with van der Waals surface area (Å²) in [6, 6.07) is 20.5. The van der Waals surface area contributed by atoms with Crippen LogP contribution >= 0.6 is 11.3 Å². The molecule has 2 aliphatic heterocycles. The van der Waals surface area contributed by atoms with Crippen molar-refractivity contribution < 1.29 is 18.8 Å². The SMILES string of the molecule is O=C(c1cccs1)[C@H]1[C@H](c2ccco2)C2(C(=O)c3ccccc3C2=O)C2C=Cc3ccccc3N21. The van der Waals surface area contributed by atoms with Gasteiger partial charge in [0, 0.05) is 16.8 Å². The third-order valence-corrected chi connectivity index (χ3v) is 8.48. The molecule has 1 spiro atoms. The molecular weight excluding hydrogens is 458 g/mol. The lowest BCUT2D eigenvalue weighted by atomic mass is 9.66. The van der Waals surface area contributed by atoms with E-state index in [2.05, 4.69) is 0 Å². The van der Waals surface area contributed by atoms with Crippen molar-refractivity contribution in [3.05, 3.63) is 118 Å². The normalized spacial score (nSPS) is 23.4. The van der Waals surface area contributed by atoms with Crippen LogP contribution in [0.5, 0.6) is 0 Å². The second-order valence-electron chi connectivity index (χ2n) is 9.12. The van der Waals surface area contributed by atoms with E-state index >= 15 is 0 Å². The number of hydrogen-bond acceptors (Lipinski definition) is 6. The summed E-state index contributed by atoms with van der Waals surface area (Å²) in [5, 5.41) is 1.86. The Morgan fingerprint density at radius 3 is 2.31 bits per heavy atom. The van der Waals surface area contributed by atoms with Crippen LogP contribution in [0.15, 0.2) is 94.9 Å². The van der Waals surface area contributed by atoms with Gasteiger partial charge in [-0.05, 0) is 35.2 Å². The Balaban J connectivity index is 1.55. The summed E-state index contributed by atoms with van der Waals surface area (Å²) < 4.78 is 5.89. The van der Waals surface area contributed by atoms with Gasteiger partial charge in [-0.2, -0.15) is 0 Å². The smallest absolute Gasteiger partial charge is 0.195 e. The first-order valence-electron chi connectivity index (χ1n) is 11.5. The number of ketones is 3. The Labute approximate surface area is 205 Å². The van der Waals surface area contributed by atoms with E-state index in [9.17, 15) is 14.4 Å². The molecule has 4 aromatic rings. The standard InChI is InChI=1S/C29H19NO4S/c31-26(22-12-6-16-35-22)25-24(21-11-5-15-34-21)29(27(32)18-8-2-3-9-19(18)28(29)33)23-14-13-17-7-1-4-10-20(17)30(23)25/h1-16,23-25H/t23?,24-,25+/m0/s1. The van der Waals surface area contributed by atoms with Crippen molar-refractivity contribution in [1.82, 2.24) is 0 Å². The number of para-hydroxylation sites is 1. The maximum absolute atomic E-state index is 14.3. The lowest BCUT2D eigenvalue weighted by Gasteiger charge is -2.37. The fraction of sp³-hybridized carbons (Fsp3) is 0.138. The molecule has 3 atom stereocenters. The van der Waals surface area contributed by atoms with E-state index in [4.69, 9.17) is 4.42 Å². The van der Waals surface area contributed by atoms with Crippen LogP contribution in [0.4, 0.5) is 5.69 Å². The summed E-state index contributed by atoms with van der Waals surface area (Å²) in [6.45, 7) is 0. The van der Waals surface area contributed by atoms with Gasteiger partial charge in [0.15, 0.2) is 17.3 Å². The molecule has 2 aromatic carbocycles. The first-order valence-corrected chi connectivity index (χ1v) is 12.4. The molecule has 1 aliphatic carbocycles. The van der Waals surface area contributed by atoms with Crippen molar-refractivity contribution in [2.45, 2.75) is 18.0 Å². The molecular formula is C29H19NO4S. The van der Waals surface area contributed by atoms with Crippen LogP contribution in [-0.2, 0) is 0 Å². The largest absolute Gasteiger partial charge is 0.469 e. The lowest BCUT2D eigenvalue weighted by molar-refractivity contribution is 0.0652. The molecule has 4 heterocycles. The molecule has 0 amide bonds. The monoisotopic (exact) mass is 477 g/mol. The van der Waals surface area contributed by atoms with Crippen LogP contribution in [0.25, 0.3) is 6.08 Å². The molecule has 7 rings (SSSR count). The summed E-state index contributed by atoms with van der Waals surface area (Å²) >= 11 is 1.36. The summed E-state index contributed by atoms with van der Waals surface area (Å²) in [5.41, 5.74) is 1.08. The van der Waals surface area contributed by atoms with Crippen molar-refractivity contribution in [3.8, 4) is 0 Å². The fourth-order valence-electron chi connectivity index (χ4n) is 6.26. The first kappa shape index (κ1) is 20.4. The molecule has 1 saturated heterocycles. The number of fused-ring (bicyclic) bond motifs is 5. The average Bonchev–Trinajstić information content (AvgIpc) is 3.69. The summed E-state index contributed by atoms with van der Waals surface area (Å²) in [5.74, 6) is -0.944. The van der Waals surface area contributed by atoms with Gasteiger partial charge >= 0.3 is 0 Å². The van der Waals surface area contributed by atoms with E-state index in [1.54, 1.807) is 42.5 Å². The molecule has 2 aromatic heterocycles. The van der Waals surface area contributed by atoms with Crippen molar-refractivity contribution >= 4 is 40.4 Å². The number of rotatable bonds is 3. The number of nitrogens with zero attached hydrogens (tertiary/aromatic N) is 1. The van der Waals surface area contributed by atoms with Gasteiger partial charge in [-0.3, -0.25) is 14.4 Å². The van der Waals surface area contributed by atoms with Gasteiger partial charge in [0.25, 0.3) is 0 Å². The van der Waals surface area contributed by atoms with Crippen LogP contribution in [0.1, 0.15) is 47.6 Å². The summed E-state index contributed by atoms with van der Waals surface area (Å²) in [4.78, 5) is 45.4. The minimum Gasteiger partial charge on any atom is -0.469 e. The zero-order valence-corrected chi connectivity index (χ0v) is 19.3. The van der Waals surface area contributed by atoms with Gasteiger partial charge in [-0.25, -0.2) is 0 Å². The van der Waals surface area contributed by atoms with Crippen LogP contribution < -0.4 is 4.90 Å². The molecule has 0 radical (unpaired) electrons. The number of carbonyl (C=O) groups is 3. The predicted molar refractivity (Wildman–Crippen MR) is 133 cm³/mol. The lowest BCUT2D eigenvalue weighted by Crippen LogP contribution is -2.48. The Morgan fingerprint density at radius 1 is 0.886 bits per heavy atom. The average molecular weight is 478 g/mol. The minimum atomic E-state index is -1.51. The van der Waals surface area contributed by atoms with E-state index in [-0.39, 0.29) is 17.3 Å². The van der Waals surface area contributed by atoms with Gasteiger partial charge in [0.05, 0.1) is 23.1 Å².